The Labute approximate surface area is 157 Å². The molecule has 2 aromatic rings. The lowest BCUT2D eigenvalue weighted by atomic mass is 10.0. The monoisotopic (exact) mass is 372 g/mol. The van der Waals surface area contributed by atoms with Gasteiger partial charge in [-0.2, -0.15) is 0 Å². The van der Waals surface area contributed by atoms with E-state index in [-0.39, 0.29) is 12.1 Å². The van der Waals surface area contributed by atoms with Gasteiger partial charge in [0.05, 0.1) is 11.0 Å². The van der Waals surface area contributed by atoms with Crippen molar-refractivity contribution in [2.75, 3.05) is 32.8 Å². The van der Waals surface area contributed by atoms with Gasteiger partial charge in [-0.25, -0.2) is 9.78 Å². The topological polar surface area (TPSA) is 57.7 Å². The predicted molar refractivity (Wildman–Crippen MR) is 102 cm³/mol. The summed E-state index contributed by atoms with van der Waals surface area (Å²) in [5, 5.41) is 4.24. The number of carbonyl (C=O) groups is 1. The minimum atomic E-state index is 0.0197. The molecule has 2 aliphatic rings. The molecule has 0 spiro atoms. The van der Waals surface area contributed by atoms with Crippen molar-refractivity contribution in [2.24, 2.45) is 0 Å². The predicted octanol–water partition coefficient (Wildman–Crippen LogP) is 2.28. The van der Waals surface area contributed by atoms with Crippen LogP contribution in [0, 0.1) is 6.92 Å². The molecule has 1 aromatic carbocycles. The molecule has 1 aromatic heterocycles. The third-order valence-electron chi connectivity index (χ3n) is 4.91. The number of rotatable bonds is 3. The summed E-state index contributed by atoms with van der Waals surface area (Å²) >= 11 is 1.75. The number of aryl methyl sites for hydroxylation is 1. The second kappa shape index (κ2) is 7.63. The summed E-state index contributed by atoms with van der Waals surface area (Å²) in [5.41, 5.74) is 1.16. The molecule has 4 rings (SSSR count). The number of fused-ring (bicyclic) bond motifs is 1. The molecule has 26 heavy (non-hydrogen) atoms. The number of para-hydroxylation sites is 1. The SMILES string of the molecule is Cc1ncc(CN2CCN(C(=O)NC3COc4ccccc4C3)CC2)s1. The van der Waals surface area contributed by atoms with Gasteiger partial charge in [-0.1, -0.05) is 18.2 Å². The van der Waals surface area contributed by atoms with Crippen LogP contribution in [-0.2, 0) is 13.0 Å². The number of hydrogen-bond acceptors (Lipinski definition) is 5. The number of amides is 2. The van der Waals surface area contributed by atoms with Gasteiger partial charge < -0.3 is 15.0 Å². The van der Waals surface area contributed by atoms with E-state index in [9.17, 15) is 4.79 Å². The van der Waals surface area contributed by atoms with Crippen LogP contribution in [0.3, 0.4) is 0 Å². The van der Waals surface area contributed by atoms with Crippen LogP contribution in [0.5, 0.6) is 5.75 Å². The van der Waals surface area contributed by atoms with Crippen molar-refractivity contribution < 1.29 is 9.53 Å². The van der Waals surface area contributed by atoms with Crippen molar-refractivity contribution in [1.29, 1.82) is 0 Å². The highest BCUT2D eigenvalue weighted by atomic mass is 32.1. The van der Waals surface area contributed by atoms with Gasteiger partial charge in [0, 0.05) is 43.8 Å². The first-order chi connectivity index (χ1) is 12.7. The third-order valence-corrected chi connectivity index (χ3v) is 5.81. The van der Waals surface area contributed by atoms with Crippen LogP contribution in [0.1, 0.15) is 15.4 Å². The molecule has 0 saturated carbocycles. The number of nitrogens with one attached hydrogen (secondary N) is 1. The lowest BCUT2D eigenvalue weighted by Crippen LogP contribution is -2.54. The number of hydrogen-bond donors (Lipinski definition) is 1. The summed E-state index contributed by atoms with van der Waals surface area (Å²) in [4.78, 5) is 22.5. The number of ether oxygens (including phenoxy) is 1. The molecule has 138 valence electrons. The molecule has 6 nitrogen and oxygen atoms in total. The highest BCUT2D eigenvalue weighted by molar-refractivity contribution is 7.11. The number of carbonyl (C=O) groups excluding carboxylic acids is 1. The smallest absolute Gasteiger partial charge is 0.317 e. The van der Waals surface area contributed by atoms with E-state index >= 15 is 0 Å². The maximum absolute atomic E-state index is 12.6. The van der Waals surface area contributed by atoms with Gasteiger partial charge in [-0.15, -0.1) is 11.3 Å². The fourth-order valence-corrected chi connectivity index (χ4v) is 4.33. The number of piperazine rings is 1. The van der Waals surface area contributed by atoms with Crippen LogP contribution >= 0.6 is 11.3 Å². The molecule has 2 aliphatic heterocycles. The maximum Gasteiger partial charge on any atom is 0.317 e. The summed E-state index contributed by atoms with van der Waals surface area (Å²) in [6.45, 7) is 6.80. The maximum atomic E-state index is 12.6. The minimum Gasteiger partial charge on any atom is -0.491 e. The number of aromatic nitrogens is 1. The van der Waals surface area contributed by atoms with Crippen molar-refractivity contribution in [3.8, 4) is 5.75 Å². The standard InChI is InChI=1S/C19H24N4O2S/c1-14-20-11-17(26-14)12-22-6-8-23(9-7-22)19(24)21-16-10-15-4-2-3-5-18(15)25-13-16/h2-5,11,16H,6-10,12-13H2,1H3,(H,21,24). The molecule has 1 saturated heterocycles. The highest BCUT2D eigenvalue weighted by Crippen LogP contribution is 2.24. The first-order valence-corrected chi connectivity index (χ1v) is 9.89. The Kier molecular flexibility index (Phi) is 5.08. The van der Waals surface area contributed by atoms with E-state index in [1.807, 2.05) is 36.2 Å². The minimum absolute atomic E-state index is 0.0197. The normalized spacial score (nSPS) is 20.3. The molecule has 3 heterocycles. The van der Waals surface area contributed by atoms with Crippen molar-refractivity contribution in [1.82, 2.24) is 20.1 Å². The Morgan fingerprint density at radius 3 is 2.88 bits per heavy atom. The molecular weight excluding hydrogens is 348 g/mol. The Morgan fingerprint density at radius 1 is 1.31 bits per heavy atom. The third kappa shape index (κ3) is 3.99. The highest BCUT2D eigenvalue weighted by Gasteiger charge is 2.26. The van der Waals surface area contributed by atoms with E-state index in [4.69, 9.17) is 4.74 Å². The summed E-state index contributed by atoms with van der Waals surface area (Å²) in [6.07, 6.45) is 2.78. The number of benzene rings is 1. The van der Waals surface area contributed by atoms with Crippen LogP contribution in [-0.4, -0.2) is 59.6 Å². The molecule has 1 fully saturated rings. The lowest BCUT2D eigenvalue weighted by Gasteiger charge is -2.35. The largest absolute Gasteiger partial charge is 0.491 e. The Hall–Kier alpha value is -2.12. The Balaban J connectivity index is 1.25. The average molecular weight is 372 g/mol. The van der Waals surface area contributed by atoms with Crippen LogP contribution in [0.2, 0.25) is 0 Å². The second-order valence-corrected chi connectivity index (χ2v) is 8.20. The van der Waals surface area contributed by atoms with Crippen molar-refractivity contribution >= 4 is 17.4 Å². The summed E-state index contributed by atoms with van der Waals surface area (Å²) in [6, 6.07) is 8.09. The van der Waals surface area contributed by atoms with Crippen LogP contribution in [0.15, 0.2) is 30.5 Å². The summed E-state index contributed by atoms with van der Waals surface area (Å²) < 4.78 is 5.76. The molecule has 1 N–H and O–H groups in total. The van der Waals surface area contributed by atoms with E-state index in [0.717, 1.165) is 55.5 Å². The second-order valence-electron chi connectivity index (χ2n) is 6.88. The van der Waals surface area contributed by atoms with Gasteiger partial charge in [0.15, 0.2) is 0 Å². The quantitative estimate of drug-likeness (QED) is 0.898. The first-order valence-electron chi connectivity index (χ1n) is 9.07. The molecule has 0 bridgehead atoms. The van der Waals surface area contributed by atoms with Gasteiger partial charge in [0.1, 0.15) is 12.4 Å². The molecule has 0 aliphatic carbocycles. The van der Waals surface area contributed by atoms with E-state index in [1.54, 1.807) is 11.3 Å². The number of urea groups is 1. The Morgan fingerprint density at radius 2 is 2.12 bits per heavy atom. The van der Waals surface area contributed by atoms with E-state index in [2.05, 4.69) is 21.3 Å². The zero-order valence-corrected chi connectivity index (χ0v) is 15.8. The fraction of sp³-hybridized carbons (Fsp3) is 0.474. The van der Waals surface area contributed by atoms with Crippen molar-refractivity contribution in [3.05, 3.63) is 45.9 Å². The molecule has 2 amide bonds. The zero-order chi connectivity index (χ0) is 17.9. The lowest BCUT2D eigenvalue weighted by molar-refractivity contribution is 0.130. The average Bonchev–Trinajstić information content (AvgIpc) is 3.07. The van der Waals surface area contributed by atoms with E-state index in [1.165, 1.54) is 4.88 Å². The van der Waals surface area contributed by atoms with Crippen LogP contribution < -0.4 is 10.1 Å². The summed E-state index contributed by atoms with van der Waals surface area (Å²) in [7, 11) is 0. The summed E-state index contributed by atoms with van der Waals surface area (Å²) in [5.74, 6) is 0.935. The molecule has 7 heteroatoms. The Bertz CT molecular complexity index is 770. The van der Waals surface area contributed by atoms with Crippen molar-refractivity contribution in [3.63, 3.8) is 0 Å². The van der Waals surface area contributed by atoms with Gasteiger partial charge >= 0.3 is 6.03 Å². The number of nitrogens with zero attached hydrogens (tertiary/aromatic N) is 3. The van der Waals surface area contributed by atoms with Crippen LogP contribution in [0.25, 0.3) is 0 Å². The molecule has 1 unspecified atom stereocenters. The van der Waals surface area contributed by atoms with E-state index < -0.39 is 0 Å². The molecule has 0 radical (unpaired) electrons. The molecule has 1 atom stereocenters. The first kappa shape index (κ1) is 17.3. The van der Waals surface area contributed by atoms with Gasteiger partial charge in [0.25, 0.3) is 0 Å². The van der Waals surface area contributed by atoms with Gasteiger partial charge in [0.2, 0.25) is 0 Å². The zero-order valence-electron chi connectivity index (χ0n) is 15.0. The van der Waals surface area contributed by atoms with Gasteiger partial charge in [-0.3, -0.25) is 4.90 Å². The fourth-order valence-electron chi connectivity index (χ4n) is 3.49. The molecular formula is C19H24N4O2S. The number of thiazole rings is 1. The van der Waals surface area contributed by atoms with E-state index in [0.29, 0.717) is 6.61 Å². The van der Waals surface area contributed by atoms with Crippen LogP contribution in [0.4, 0.5) is 4.79 Å². The van der Waals surface area contributed by atoms with Gasteiger partial charge in [-0.05, 0) is 25.0 Å². The van der Waals surface area contributed by atoms with Crippen molar-refractivity contribution in [2.45, 2.75) is 25.9 Å².